The Morgan fingerprint density at radius 3 is 2.55 bits per heavy atom. The molecule has 0 saturated carbocycles. The van der Waals surface area contributed by atoms with Crippen molar-refractivity contribution in [3.05, 3.63) is 34.9 Å². The van der Waals surface area contributed by atoms with E-state index in [1.165, 1.54) is 0 Å². The number of alkyl halides is 1. The van der Waals surface area contributed by atoms with Crippen molar-refractivity contribution in [1.82, 2.24) is 0 Å². The molecule has 0 amide bonds. The Labute approximate surface area is 76.1 Å². The zero-order valence-electron chi connectivity index (χ0n) is 5.93. The molecule has 11 heavy (non-hydrogen) atoms. The van der Waals surface area contributed by atoms with Crippen molar-refractivity contribution in [2.75, 3.05) is 0 Å². The second-order valence-corrected chi connectivity index (χ2v) is 3.28. The van der Waals surface area contributed by atoms with Gasteiger partial charge in [0.25, 0.3) is 0 Å². The molecule has 1 atom stereocenters. The van der Waals surface area contributed by atoms with Crippen molar-refractivity contribution >= 4 is 23.2 Å². The number of nitrogens with two attached hydrogens (primary N) is 1. The molecule has 2 N–H and O–H groups in total. The van der Waals surface area contributed by atoms with E-state index in [0.29, 0.717) is 6.42 Å². The number of hydrogen-bond acceptors (Lipinski definition) is 1. The van der Waals surface area contributed by atoms with Gasteiger partial charge in [0.1, 0.15) is 0 Å². The predicted molar refractivity (Wildman–Crippen MR) is 49.0 cm³/mol. The summed E-state index contributed by atoms with van der Waals surface area (Å²) in [6.07, 6.45) is 0.612. The average Bonchev–Trinajstić information content (AvgIpc) is 1.93. The van der Waals surface area contributed by atoms with Gasteiger partial charge in [-0.25, -0.2) is 0 Å². The summed E-state index contributed by atoms with van der Waals surface area (Å²) in [7, 11) is 0. The van der Waals surface area contributed by atoms with Crippen LogP contribution in [0.3, 0.4) is 0 Å². The van der Waals surface area contributed by atoms with E-state index < -0.39 is 0 Å². The summed E-state index contributed by atoms with van der Waals surface area (Å²) in [4.78, 5) is 0. The average molecular weight is 190 g/mol. The maximum atomic E-state index is 5.85. The first-order chi connectivity index (χ1) is 5.20. The summed E-state index contributed by atoms with van der Waals surface area (Å²) in [6, 6.07) is 7.55. The molecule has 1 nitrogen and oxygen atoms in total. The van der Waals surface area contributed by atoms with Gasteiger partial charge in [-0.1, -0.05) is 29.8 Å². The molecule has 0 saturated heterocycles. The van der Waals surface area contributed by atoms with Crippen LogP contribution >= 0.6 is 23.2 Å². The Balaban J connectivity index is 2.78. The Hall–Kier alpha value is -0.240. The zero-order chi connectivity index (χ0) is 8.27. The lowest BCUT2D eigenvalue weighted by Crippen LogP contribution is -2.14. The van der Waals surface area contributed by atoms with Crippen LogP contribution < -0.4 is 5.73 Å². The van der Waals surface area contributed by atoms with Crippen molar-refractivity contribution in [1.29, 1.82) is 0 Å². The molecule has 0 bridgehead atoms. The molecule has 1 aromatic rings. The smallest absolute Gasteiger partial charge is 0.0841 e. The molecule has 1 unspecified atom stereocenters. The summed E-state index contributed by atoms with van der Waals surface area (Å²) in [6.45, 7) is 0. The quantitative estimate of drug-likeness (QED) is 0.562. The summed E-state index contributed by atoms with van der Waals surface area (Å²) in [5.41, 5.74) is 6.05. The number of benzene rings is 1. The van der Waals surface area contributed by atoms with Gasteiger partial charge in [-0.15, -0.1) is 11.6 Å². The molecule has 1 aromatic carbocycles. The normalized spacial score (nSPS) is 13.0. The lowest BCUT2D eigenvalue weighted by Gasteiger charge is -2.04. The summed E-state index contributed by atoms with van der Waals surface area (Å²) in [5, 5.41) is 0.726. The highest BCUT2D eigenvalue weighted by Gasteiger charge is 2.02. The molecule has 0 aliphatic carbocycles. The Bertz CT molecular complexity index is 235. The minimum absolute atomic E-state index is 0.352. The molecule has 1 rings (SSSR count). The van der Waals surface area contributed by atoms with Gasteiger partial charge in [0.05, 0.1) is 5.50 Å². The second-order valence-electron chi connectivity index (χ2n) is 2.31. The van der Waals surface area contributed by atoms with Crippen LogP contribution in [0.5, 0.6) is 0 Å². The highest BCUT2D eigenvalue weighted by molar-refractivity contribution is 6.31. The Morgan fingerprint density at radius 2 is 2.00 bits per heavy atom. The molecule has 0 heterocycles. The van der Waals surface area contributed by atoms with Crippen molar-refractivity contribution in [2.45, 2.75) is 11.9 Å². The van der Waals surface area contributed by atoms with Gasteiger partial charge < -0.3 is 5.73 Å². The van der Waals surface area contributed by atoms with E-state index >= 15 is 0 Å². The van der Waals surface area contributed by atoms with Gasteiger partial charge in [0, 0.05) is 11.4 Å². The maximum Gasteiger partial charge on any atom is 0.0841 e. The number of halogens is 2. The molecule has 0 spiro atoms. The van der Waals surface area contributed by atoms with E-state index in [0.717, 1.165) is 10.6 Å². The van der Waals surface area contributed by atoms with Gasteiger partial charge in [-0.3, -0.25) is 0 Å². The highest BCUT2D eigenvalue weighted by Crippen LogP contribution is 2.16. The van der Waals surface area contributed by atoms with E-state index in [4.69, 9.17) is 28.9 Å². The largest absolute Gasteiger partial charge is 0.315 e. The lowest BCUT2D eigenvalue weighted by atomic mass is 10.1. The van der Waals surface area contributed by atoms with Crippen LogP contribution in [0.15, 0.2) is 24.3 Å². The molecule has 3 heteroatoms. The SMILES string of the molecule is NC(Cl)Cc1ccccc1Cl. The third-order valence-corrected chi connectivity index (χ3v) is 1.90. The molecule has 0 aromatic heterocycles. The van der Waals surface area contributed by atoms with Crippen molar-refractivity contribution in [3.63, 3.8) is 0 Å². The van der Waals surface area contributed by atoms with Crippen LogP contribution in [0, 0.1) is 0 Å². The van der Waals surface area contributed by atoms with E-state index in [1.807, 2.05) is 24.3 Å². The lowest BCUT2D eigenvalue weighted by molar-refractivity contribution is 0.890. The summed E-state index contributed by atoms with van der Waals surface area (Å²) < 4.78 is 0. The van der Waals surface area contributed by atoms with Crippen molar-refractivity contribution in [2.24, 2.45) is 5.73 Å². The van der Waals surface area contributed by atoms with Crippen LogP contribution in [-0.2, 0) is 6.42 Å². The van der Waals surface area contributed by atoms with E-state index in [1.54, 1.807) is 0 Å². The molecule has 0 aliphatic heterocycles. The first kappa shape index (κ1) is 8.85. The molecule has 60 valence electrons. The van der Waals surface area contributed by atoms with E-state index in [9.17, 15) is 0 Å². The number of rotatable bonds is 2. The van der Waals surface area contributed by atoms with Crippen LogP contribution in [0.25, 0.3) is 0 Å². The molecule has 0 fully saturated rings. The van der Waals surface area contributed by atoms with Crippen molar-refractivity contribution < 1.29 is 0 Å². The minimum Gasteiger partial charge on any atom is -0.315 e. The van der Waals surface area contributed by atoms with Crippen LogP contribution in [0.4, 0.5) is 0 Å². The van der Waals surface area contributed by atoms with Gasteiger partial charge >= 0.3 is 0 Å². The first-order valence-electron chi connectivity index (χ1n) is 3.33. The maximum absolute atomic E-state index is 5.85. The summed E-state index contributed by atoms with van der Waals surface area (Å²) in [5.74, 6) is 0. The Kier molecular flexibility index (Phi) is 3.18. The first-order valence-corrected chi connectivity index (χ1v) is 4.14. The molecular weight excluding hydrogens is 181 g/mol. The standard InChI is InChI=1S/C8H9Cl2N/c9-7-4-2-1-3-6(7)5-8(10)11/h1-4,8H,5,11H2. The topological polar surface area (TPSA) is 26.0 Å². The summed E-state index contributed by atoms with van der Waals surface area (Å²) >= 11 is 11.5. The highest BCUT2D eigenvalue weighted by atomic mass is 35.5. The third kappa shape index (κ3) is 2.70. The van der Waals surface area contributed by atoms with E-state index in [2.05, 4.69) is 0 Å². The van der Waals surface area contributed by atoms with Crippen LogP contribution in [0.1, 0.15) is 5.56 Å². The van der Waals surface area contributed by atoms with Crippen LogP contribution in [-0.4, -0.2) is 5.50 Å². The fourth-order valence-electron chi connectivity index (χ4n) is 0.874. The third-order valence-electron chi connectivity index (χ3n) is 1.37. The predicted octanol–water partition coefficient (Wildman–Crippen LogP) is 2.41. The number of hydrogen-bond donors (Lipinski definition) is 1. The van der Waals surface area contributed by atoms with Gasteiger partial charge in [0.15, 0.2) is 0 Å². The monoisotopic (exact) mass is 189 g/mol. The fourth-order valence-corrected chi connectivity index (χ4v) is 1.25. The molecular formula is C8H9Cl2N. The molecule has 0 radical (unpaired) electrons. The van der Waals surface area contributed by atoms with Crippen molar-refractivity contribution in [3.8, 4) is 0 Å². The minimum atomic E-state index is -0.352. The van der Waals surface area contributed by atoms with E-state index in [-0.39, 0.29) is 5.50 Å². The fraction of sp³-hybridized carbons (Fsp3) is 0.250. The zero-order valence-corrected chi connectivity index (χ0v) is 7.44. The van der Waals surface area contributed by atoms with Gasteiger partial charge in [0.2, 0.25) is 0 Å². The van der Waals surface area contributed by atoms with Gasteiger partial charge in [-0.05, 0) is 11.6 Å². The second kappa shape index (κ2) is 3.96. The Morgan fingerprint density at radius 1 is 1.36 bits per heavy atom. The van der Waals surface area contributed by atoms with Crippen LogP contribution in [0.2, 0.25) is 5.02 Å². The van der Waals surface area contributed by atoms with Gasteiger partial charge in [-0.2, -0.15) is 0 Å². The molecule has 0 aliphatic rings.